The topological polar surface area (TPSA) is 73.6 Å². The Balaban J connectivity index is 1.45. The predicted molar refractivity (Wildman–Crippen MR) is 141 cm³/mol. The van der Waals surface area contributed by atoms with Crippen LogP contribution >= 0.6 is 11.6 Å². The summed E-state index contributed by atoms with van der Waals surface area (Å²) in [5, 5.41) is 8.81. The van der Waals surface area contributed by atoms with Gasteiger partial charge in [0.25, 0.3) is 0 Å². The van der Waals surface area contributed by atoms with Gasteiger partial charge in [-0.25, -0.2) is 18.9 Å². The molecular formula is C28H29ClFN5O2. The second kappa shape index (κ2) is 10.7. The number of rotatable bonds is 7. The lowest BCUT2D eigenvalue weighted by molar-refractivity contribution is -0.169. The molecule has 0 amide bonds. The number of nitrogens with one attached hydrogen (secondary N) is 1. The van der Waals surface area contributed by atoms with Crippen LogP contribution in [0.25, 0.3) is 28.0 Å². The molecule has 4 heterocycles. The lowest BCUT2D eigenvalue weighted by Crippen LogP contribution is -2.22. The Bertz CT molecular complexity index is 1380. The minimum atomic E-state index is -0.304. The van der Waals surface area contributed by atoms with Crippen molar-refractivity contribution in [2.24, 2.45) is 0 Å². The first-order valence-electron chi connectivity index (χ1n) is 13.0. The first-order chi connectivity index (χ1) is 18.1. The highest BCUT2D eigenvalue weighted by Crippen LogP contribution is 2.36. The number of anilines is 1. The molecule has 1 atom stereocenters. The van der Waals surface area contributed by atoms with E-state index in [0.29, 0.717) is 35.1 Å². The number of benzene rings is 1. The number of hydrogen-bond acceptors (Lipinski definition) is 6. The molecule has 0 bridgehead atoms. The molecule has 0 spiro atoms. The van der Waals surface area contributed by atoms with Gasteiger partial charge < -0.3 is 14.8 Å². The van der Waals surface area contributed by atoms with Crippen molar-refractivity contribution < 1.29 is 13.9 Å². The molecule has 192 valence electrons. The SMILES string of the molecule is Fc1ccc(-c2nn3c(Cl)cccc3c2-c2cc(COC3CCCCO3)nc(NC3CCCC3)n2)cc1. The van der Waals surface area contributed by atoms with Crippen LogP contribution in [0, 0.1) is 5.82 Å². The lowest BCUT2D eigenvalue weighted by atomic mass is 10.0. The Labute approximate surface area is 220 Å². The van der Waals surface area contributed by atoms with Crippen LogP contribution in [0.15, 0.2) is 48.5 Å². The second-order valence-corrected chi connectivity index (χ2v) is 10.1. The van der Waals surface area contributed by atoms with Crippen LogP contribution < -0.4 is 5.32 Å². The van der Waals surface area contributed by atoms with Crippen molar-refractivity contribution >= 4 is 23.1 Å². The summed E-state index contributed by atoms with van der Waals surface area (Å²) in [6.45, 7) is 1.03. The quantitative estimate of drug-likeness (QED) is 0.274. The molecule has 0 radical (unpaired) electrons. The fourth-order valence-corrected chi connectivity index (χ4v) is 5.34. The van der Waals surface area contributed by atoms with Crippen LogP contribution in [-0.4, -0.2) is 38.5 Å². The van der Waals surface area contributed by atoms with E-state index in [1.807, 2.05) is 18.2 Å². The van der Waals surface area contributed by atoms with Gasteiger partial charge >= 0.3 is 0 Å². The highest BCUT2D eigenvalue weighted by Gasteiger charge is 2.23. The maximum atomic E-state index is 13.7. The summed E-state index contributed by atoms with van der Waals surface area (Å²) >= 11 is 6.52. The number of hydrogen-bond donors (Lipinski definition) is 1. The van der Waals surface area contributed by atoms with Crippen LogP contribution in [-0.2, 0) is 16.1 Å². The molecule has 1 aliphatic carbocycles. The Hall–Kier alpha value is -3.07. The third kappa shape index (κ3) is 5.32. The van der Waals surface area contributed by atoms with Gasteiger partial charge in [-0.1, -0.05) is 30.5 Å². The van der Waals surface area contributed by atoms with Crippen LogP contribution in [0.1, 0.15) is 50.6 Å². The zero-order chi connectivity index (χ0) is 25.2. The molecule has 4 aromatic rings. The Morgan fingerprint density at radius 2 is 1.84 bits per heavy atom. The van der Waals surface area contributed by atoms with E-state index >= 15 is 0 Å². The third-order valence-electron chi connectivity index (χ3n) is 7.01. The molecule has 3 aromatic heterocycles. The maximum absolute atomic E-state index is 13.7. The van der Waals surface area contributed by atoms with E-state index in [9.17, 15) is 4.39 Å². The monoisotopic (exact) mass is 521 g/mol. The molecule has 1 saturated heterocycles. The smallest absolute Gasteiger partial charge is 0.223 e. The molecule has 1 saturated carbocycles. The average Bonchev–Trinajstić information content (AvgIpc) is 3.57. The van der Waals surface area contributed by atoms with Gasteiger partial charge in [0.1, 0.15) is 16.7 Å². The maximum Gasteiger partial charge on any atom is 0.223 e. The number of aromatic nitrogens is 4. The first-order valence-corrected chi connectivity index (χ1v) is 13.3. The predicted octanol–water partition coefficient (Wildman–Crippen LogP) is 6.65. The van der Waals surface area contributed by atoms with E-state index in [4.69, 9.17) is 36.1 Å². The molecule has 6 rings (SSSR count). The molecular weight excluding hydrogens is 493 g/mol. The van der Waals surface area contributed by atoms with Gasteiger partial charge in [-0.05, 0) is 74.6 Å². The number of nitrogens with zero attached hydrogens (tertiary/aromatic N) is 4. The fraction of sp³-hybridized carbons (Fsp3) is 0.393. The molecule has 37 heavy (non-hydrogen) atoms. The Morgan fingerprint density at radius 1 is 1.03 bits per heavy atom. The zero-order valence-corrected chi connectivity index (χ0v) is 21.3. The van der Waals surface area contributed by atoms with Gasteiger partial charge in [0.2, 0.25) is 5.95 Å². The van der Waals surface area contributed by atoms with Gasteiger partial charge in [0.15, 0.2) is 6.29 Å². The molecule has 2 aliphatic rings. The van der Waals surface area contributed by atoms with E-state index in [0.717, 1.165) is 61.0 Å². The molecule has 1 N–H and O–H groups in total. The van der Waals surface area contributed by atoms with Crippen LogP contribution in [0.4, 0.5) is 10.3 Å². The molecule has 7 nitrogen and oxygen atoms in total. The van der Waals surface area contributed by atoms with E-state index in [-0.39, 0.29) is 12.1 Å². The summed E-state index contributed by atoms with van der Waals surface area (Å²) < 4.78 is 27.3. The van der Waals surface area contributed by atoms with E-state index in [2.05, 4.69) is 5.32 Å². The lowest BCUT2D eigenvalue weighted by Gasteiger charge is -2.22. The highest BCUT2D eigenvalue weighted by atomic mass is 35.5. The number of ether oxygens (including phenoxy) is 2. The molecule has 1 aromatic carbocycles. The Morgan fingerprint density at radius 3 is 2.62 bits per heavy atom. The minimum Gasteiger partial charge on any atom is -0.353 e. The van der Waals surface area contributed by atoms with Gasteiger partial charge in [0.05, 0.1) is 29.1 Å². The summed E-state index contributed by atoms with van der Waals surface area (Å²) in [6.07, 6.45) is 7.43. The van der Waals surface area contributed by atoms with Gasteiger partial charge in [-0.15, -0.1) is 0 Å². The molecule has 2 fully saturated rings. The van der Waals surface area contributed by atoms with E-state index < -0.39 is 0 Å². The van der Waals surface area contributed by atoms with Crippen molar-refractivity contribution in [1.29, 1.82) is 0 Å². The summed E-state index contributed by atoms with van der Waals surface area (Å²) in [7, 11) is 0. The molecule has 1 unspecified atom stereocenters. The average molecular weight is 522 g/mol. The number of fused-ring (bicyclic) bond motifs is 1. The largest absolute Gasteiger partial charge is 0.353 e. The van der Waals surface area contributed by atoms with E-state index in [1.54, 1.807) is 22.7 Å². The van der Waals surface area contributed by atoms with Gasteiger partial charge in [-0.2, -0.15) is 5.10 Å². The van der Waals surface area contributed by atoms with Crippen molar-refractivity contribution in [2.45, 2.75) is 63.9 Å². The summed E-state index contributed by atoms with van der Waals surface area (Å²) in [6, 6.07) is 14.2. The van der Waals surface area contributed by atoms with Crippen molar-refractivity contribution in [3.05, 3.63) is 65.2 Å². The van der Waals surface area contributed by atoms with Crippen LogP contribution in [0.2, 0.25) is 5.15 Å². The zero-order valence-electron chi connectivity index (χ0n) is 20.5. The summed E-state index contributed by atoms with van der Waals surface area (Å²) in [5.41, 5.74) is 4.51. The fourth-order valence-electron chi connectivity index (χ4n) is 5.14. The summed E-state index contributed by atoms with van der Waals surface area (Å²) in [5.74, 6) is 0.264. The van der Waals surface area contributed by atoms with Crippen molar-refractivity contribution in [2.75, 3.05) is 11.9 Å². The van der Waals surface area contributed by atoms with Crippen molar-refractivity contribution in [3.8, 4) is 22.5 Å². The van der Waals surface area contributed by atoms with Crippen LogP contribution in [0.3, 0.4) is 0 Å². The standard InChI is InChI=1S/C28H29ClFN5O2/c29-24-9-5-8-23-26(27(34-35(23)24)18-11-13-19(30)14-12-18)22-16-21(17-37-25-10-3-4-15-36-25)32-28(33-22)31-20-6-1-2-7-20/h5,8-9,11-14,16,20,25H,1-4,6-7,10,15,17H2,(H,31,32,33). The van der Waals surface area contributed by atoms with Crippen LogP contribution in [0.5, 0.6) is 0 Å². The number of pyridine rings is 1. The minimum absolute atomic E-state index is 0.219. The second-order valence-electron chi connectivity index (χ2n) is 9.68. The summed E-state index contributed by atoms with van der Waals surface area (Å²) in [4.78, 5) is 9.74. The van der Waals surface area contributed by atoms with Gasteiger partial charge in [0, 0.05) is 18.2 Å². The van der Waals surface area contributed by atoms with Crippen molar-refractivity contribution in [1.82, 2.24) is 19.6 Å². The first kappa shape index (κ1) is 24.3. The molecule has 9 heteroatoms. The highest BCUT2D eigenvalue weighted by molar-refractivity contribution is 6.29. The normalized spacial score (nSPS) is 18.5. The molecule has 1 aliphatic heterocycles. The van der Waals surface area contributed by atoms with E-state index in [1.165, 1.54) is 25.0 Å². The van der Waals surface area contributed by atoms with Crippen molar-refractivity contribution in [3.63, 3.8) is 0 Å². The Kier molecular flexibility index (Phi) is 7.04. The third-order valence-corrected chi connectivity index (χ3v) is 7.29. The van der Waals surface area contributed by atoms with Gasteiger partial charge in [-0.3, -0.25) is 0 Å². The number of halogens is 2.